The fraction of sp³-hybridized carbons (Fsp3) is 0.556. The number of ether oxygens (including phenoxy) is 1. The number of piperidine rings is 1. The Kier molecular flexibility index (Phi) is 11.9. The lowest BCUT2D eigenvalue weighted by Crippen LogP contribution is -2.64. The Hall–Kier alpha value is -3.87. The summed E-state index contributed by atoms with van der Waals surface area (Å²) in [5.41, 5.74) is 0.0388. The van der Waals surface area contributed by atoms with Gasteiger partial charge in [-0.2, -0.15) is 0 Å². The number of hydrogen-bond acceptors (Lipinski definition) is 8. The maximum Gasteiger partial charge on any atom is 0.305 e. The van der Waals surface area contributed by atoms with Gasteiger partial charge in [0.1, 0.15) is 5.82 Å². The van der Waals surface area contributed by atoms with Crippen LogP contribution in [0.1, 0.15) is 81.6 Å². The number of amides is 1. The molecule has 4 aliphatic rings. The number of rotatable bonds is 13. The highest BCUT2D eigenvalue weighted by Gasteiger charge is 2.53. The van der Waals surface area contributed by atoms with Crippen molar-refractivity contribution in [3.05, 3.63) is 89.7 Å². The highest BCUT2D eigenvalue weighted by molar-refractivity contribution is 7.91. The molecule has 3 aliphatic heterocycles. The highest BCUT2D eigenvalue weighted by Crippen LogP contribution is 2.54. The van der Waals surface area contributed by atoms with Crippen LogP contribution >= 0.6 is 0 Å². The summed E-state index contributed by atoms with van der Waals surface area (Å²) in [5, 5.41) is 2.88. The van der Waals surface area contributed by atoms with Crippen molar-refractivity contribution in [3.8, 4) is 0 Å². The van der Waals surface area contributed by atoms with E-state index in [4.69, 9.17) is 4.74 Å². The second kappa shape index (κ2) is 16.4. The molecule has 7 rings (SSSR count). The number of methoxy groups -OCH3 is 1. The van der Waals surface area contributed by atoms with Crippen molar-refractivity contribution in [1.29, 1.82) is 0 Å². The number of likely N-dealkylation sites (tertiary alicyclic amines) is 2. The van der Waals surface area contributed by atoms with E-state index in [0.29, 0.717) is 18.5 Å². The third-order valence-electron chi connectivity index (χ3n) is 13.0. The van der Waals surface area contributed by atoms with Gasteiger partial charge in [0.05, 0.1) is 30.0 Å². The Balaban J connectivity index is 0.993. The van der Waals surface area contributed by atoms with Gasteiger partial charge >= 0.3 is 5.97 Å². The van der Waals surface area contributed by atoms with E-state index >= 15 is 8.78 Å². The van der Waals surface area contributed by atoms with Gasteiger partial charge in [0.15, 0.2) is 5.67 Å². The number of esters is 1. The molecule has 0 radical (unpaired) electrons. The van der Waals surface area contributed by atoms with Gasteiger partial charge in [0, 0.05) is 41.7 Å². The largest absolute Gasteiger partial charge is 0.469 e. The van der Waals surface area contributed by atoms with Gasteiger partial charge in [-0.3, -0.25) is 14.5 Å². The maximum atomic E-state index is 16.3. The van der Waals surface area contributed by atoms with Crippen LogP contribution in [0.2, 0.25) is 0 Å². The average molecular weight is 805 g/mol. The molecule has 0 spiro atoms. The van der Waals surface area contributed by atoms with E-state index in [1.54, 1.807) is 30.3 Å². The van der Waals surface area contributed by atoms with Crippen LogP contribution in [0.3, 0.4) is 0 Å². The normalized spacial score (nSPS) is 22.9. The number of carbonyl (C=O) groups is 2. The molecular weight excluding hydrogens is 747 g/mol. The summed E-state index contributed by atoms with van der Waals surface area (Å²) < 4.78 is 63.3. The first-order chi connectivity index (χ1) is 27.1. The molecule has 3 atom stereocenters. The van der Waals surface area contributed by atoms with Crippen LogP contribution in [0.15, 0.2) is 82.6 Å². The molecule has 3 aromatic rings. The van der Waals surface area contributed by atoms with Crippen molar-refractivity contribution in [1.82, 2.24) is 15.1 Å². The number of halogens is 2. The standard InChI is InChI=1S/C45H58F2N4O5S/c1-43(2,3)48-42(53)32-12-16-38(17-13-32)57(54,55)39-18-14-37(15-19-39)51-29-44(47,30-51)28-50-24-20-34(21-25-50)45(31-49-22-7-23-49,35-9-6-10-36(46)27-35)40-11-5-8-33(40)26-41(52)56-4/h6,9-10,12-19,27,33-34,40H,5,7-8,11,20-26,28-31H2,1-4H3,(H,48,53)/t33-,40+,45+/m1/s1. The number of sulfone groups is 1. The van der Waals surface area contributed by atoms with E-state index in [1.807, 2.05) is 31.7 Å². The molecule has 1 saturated carbocycles. The topological polar surface area (TPSA) is 99.3 Å². The minimum atomic E-state index is -3.82. The molecule has 9 nitrogen and oxygen atoms in total. The predicted octanol–water partition coefficient (Wildman–Crippen LogP) is 7.05. The van der Waals surface area contributed by atoms with E-state index in [1.165, 1.54) is 37.4 Å². The van der Waals surface area contributed by atoms with Gasteiger partial charge in [0.25, 0.3) is 5.91 Å². The molecule has 0 unspecified atom stereocenters. The second-order valence-corrected chi connectivity index (χ2v) is 20.0. The fourth-order valence-electron chi connectivity index (χ4n) is 10.1. The lowest BCUT2D eigenvalue weighted by Gasteiger charge is -2.54. The van der Waals surface area contributed by atoms with Gasteiger partial charge in [-0.05, 0) is 163 Å². The summed E-state index contributed by atoms with van der Waals surface area (Å²) in [6.45, 7) is 10.8. The number of nitrogens with one attached hydrogen (secondary N) is 1. The smallest absolute Gasteiger partial charge is 0.305 e. The molecule has 3 heterocycles. The highest BCUT2D eigenvalue weighted by atomic mass is 32.2. The molecule has 1 amide bonds. The Morgan fingerprint density at radius 2 is 1.51 bits per heavy atom. The molecule has 4 fully saturated rings. The Labute approximate surface area is 337 Å². The van der Waals surface area contributed by atoms with Crippen molar-refractivity contribution in [3.63, 3.8) is 0 Å². The molecule has 308 valence electrons. The van der Waals surface area contributed by atoms with Gasteiger partial charge in [-0.1, -0.05) is 18.6 Å². The summed E-state index contributed by atoms with van der Waals surface area (Å²) in [6.07, 6.45) is 6.26. The molecular formula is C45H58F2N4O5S. The lowest BCUT2D eigenvalue weighted by atomic mass is 9.56. The van der Waals surface area contributed by atoms with E-state index < -0.39 is 21.0 Å². The molecule has 1 N–H and O–H groups in total. The summed E-state index contributed by atoms with van der Waals surface area (Å²) >= 11 is 0. The van der Waals surface area contributed by atoms with Gasteiger partial charge in [-0.15, -0.1) is 0 Å². The molecule has 0 aromatic heterocycles. The number of benzene rings is 3. The minimum Gasteiger partial charge on any atom is -0.469 e. The van der Waals surface area contributed by atoms with Crippen LogP contribution in [0.25, 0.3) is 0 Å². The van der Waals surface area contributed by atoms with Crippen molar-refractivity contribution < 1.29 is 31.5 Å². The molecule has 3 aromatic carbocycles. The van der Waals surface area contributed by atoms with Crippen LogP contribution < -0.4 is 10.2 Å². The molecule has 1 aliphatic carbocycles. The summed E-state index contributed by atoms with van der Waals surface area (Å²) in [6, 6.07) is 19.6. The van der Waals surface area contributed by atoms with Crippen molar-refractivity contribution >= 4 is 27.4 Å². The zero-order chi connectivity index (χ0) is 40.6. The third kappa shape index (κ3) is 8.93. The zero-order valence-corrected chi connectivity index (χ0v) is 34.6. The first-order valence-corrected chi connectivity index (χ1v) is 22.1. The number of nitrogens with zero attached hydrogens (tertiary/aromatic N) is 3. The first-order valence-electron chi connectivity index (χ1n) is 20.6. The molecule has 0 bridgehead atoms. The predicted molar refractivity (Wildman–Crippen MR) is 217 cm³/mol. The number of hydrogen-bond donors (Lipinski definition) is 1. The van der Waals surface area contributed by atoms with Gasteiger partial charge in [-0.25, -0.2) is 17.2 Å². The SMILES string of the molecule is COC(=O)C[C@H]1CCC[C@@H]1[C@](CN1CCC1)(c1cccc(F)c1)C1CCN(CC2(F)CN(c3ccc(S(=O)(=O)c4ccc(C(=O)NC(C)(C)C)cc4)cc3)C2)CC1. The van der Waals surface area contributed by atoms with E-state index in [-0.39, 0.29) is 63.7 Å². The van der Waals surface area contributed by atoms with Crippen LogP contribution in [0.4, 0.5) is 14.5 Å². The van der Waals surface area contributed by atoms with Crippen molar-refractivity contribution in [2.75, 3.05) is 64.4 Å². The Bertz CT molecular complexity index is 2000. The fourth-order valence-corrected chi connectivity index (χ4v) is 11.4. The van der Waals surface area contributed by atoms with Gasteiger partial charge in [0.2, 0.25) is 9.84 Å². The molecule has 57 heavy (non-hydrogen) atoms. The lowest BCUT2D eigenvalue weighted by molar-refractivity contribution is -0.142. The van der Waals surface area contributed by atoms with E-state index in [0.717, 1.165) is 82.5 Å². The van der Waals surface area contributed by atoms with Crippen LogP contribution in [0, 0.1) is 23.6 Å². The number of carbonyl (C=O) groups excluding carboxylic acids is 2. The third-order valence-corrected chi connectivity index (χ3v) is 14.8. The molecule has 3 saturated heterocycles. The quantitative estimate of drug-likeness (QED) is 0.184. The van der Waals surface area contributed by atoms with Crippen LogP contribution in [-0.4, -0.2) is 101 Å². The monoisotopic (exact) mass is 804 g/mol. The zero-order valence-electron chi connectivity index (χ0n) is 33.8. The Morgan fingerprint density at radius 3 is 2.09 bits per heavy atom. The van der Waals surface area contributed by atoms with E-state index in [2.05, 4.69) is 21.2 Å². The average Bonchev–Trinajstić information content (AvgIpc) is 3.61. The second-order valence-electron chi connectivity index (χ2n) is 18.0. The maximum absolute atomic E-state index is 16.3. The first kappa shape index (κ1) is 41.3. The molecule has 12 heteroatoms. The van der Waals surface area contributed by atoms with E-state index in [9.17, 15) is 18.0 Å². The Morgan fingerprint density at radius 1 is 0.860 bits per heavy atom. The van der Waals surface area contributed by atoms with Gasteiger partial charge < -0.3 is 19.9 Å². The van der Waals surface area contributed by atoms with Crippen LogP contribution in [0.5, 0.6) is 0 Å². The summed E-state index contributed by atoms with van der Waals surface area (Å²) in [7, 11) is -2.37. The minimum absolute atomic E-state index is 0.0935. The van der Waals surface area contributed by atoms with Crippen LogP contribution in [-0.2, 0) is 24.8 Å². The summed E-state index contributed by atoms with van der Waals surface area (Å²) in [5.74, 6) is -0.0494. The summed E-state index contributed by atoms with van der Waals surface area (Å²) in [4.78, 5) is 32.0. The number of alkyl halides is 1. The number of anilines is 1. The van der Waals surface area contributed by atoms with Crippen molar-refractivity contribution in [2.24, 2.45) is 17.8 Å². The van der Waals surface area contributed by atoms with Crippen molar-refractivity contribution in [2.45, 2.75) is 92.1 Å².